The molecule has 0 N–H and O–H groups in total. The number of hydrogen-bond donors (Lipinski definition) is 0. The van der Waals surface area contributed by atoms with Crippen LogP contribution in [-0.2, 0) is 0 Å². The Morgan fingerprint density at radius 2 is 2.12 bits per heavy atom. The van der Waals surface area contributed by atoms with Crippen LogP contribution >= 0.6 is 11.9 Å². The molecule has 3 aliphatic rings. The van der Waals surface area contributed by atoms with Crippen LogP contribution in [-0.4, -0.2) is 21.2 Å². The summed E-state index contributed by atoms with van der Waals surface area (Å²) < 4.78 is 27.1. The van der Waals surface area contributed by atoms with Crippen LogP contribution in [0.4, 0.5) is 8.78 Å². The van der Waals surface area contributed by atoms with Gasteiger partial charge in [0, 0.05) is 18.1 Å². The molecule has 0 atom stereocenters. The van der Waals surface area contributed by atoms with E-state index in [2.05, 4.69) is 5.10 Å². The molecule has 0 aliphatic heterocycles. The molecule has 1 fully saturated rings. The van der Waals surface area contributed by atoms with E-state index in [4.69, 9.17) is 0 Å². The van der Waals surface area contributed by atoms with Crippen molar-refractivity contribution in [3.63, 3.8) is 0 Å². The van der Waals surface area contributed by atoms with E-state index >= 15 is 0 Å². The Morgan fingerprint density at radius 3 is 2.69 bits per heavy atom. The zero-order chi connectivity index (χ0) is 11.4. The Morgan fingerprint density at radius 1 is 1.44 bits per heavy atom. The maximum Gasteiger partial charge on any atom is 0.282 e. The van der Waals surface area contributed by atoms with E-state index < -0.39 is 6.43 Å². The molecule has 0 amide bonds. The van der Waals surface area contributed by atoms with Gasteiger partial charge in [-0.3, -0.25) is 4.79 Å². The summed E-state index contributed by atoms with van der Waals surface area (Å²) in [6.07, 6.45) is 0.725. The van der Waals surface area contributed by atoms with Crippen molar-refractivity contribution in [2.45, 2.75) is 25.2 Å². The molecule has 1 aromatic heterocycles. The summed E-state index contributed by atoms with van der Waals surface area (Å²) in [5.41, 5.74) is 0.593. The molecule has 86 valence electrons. The van der Waals surface area contributed by atoms with Crippen molar-refractivity contribution >= 4 is 17.7 Å². The number of rotatable bonds is 2. The van der Waals surface area contributed by atoms with Crippen molar-refractivity contribution < 1.29 is 13.6 Å². The molecule has 3 nitrogen and oxygen atoms in total. The van der Waals surface area contributed by atoms with Crippen LogP contribution in [0.15, 0.2) is 0 Å². The lowest BCUT2D eigenvalue weighted by molar-refractivity contribution is 0.0776. The van der Waals surface area contributed by atoms with Crippen LogP contribution in [0.2, 0.25) is 0 Å². The van der Waals surface area contributed by atoms with Crippen molar-refractivity contribution in [1.82, 2.24) is 9.19 Å². The minimum atomic E-state index is -2.66. The van der Waals surface area contributed by atoms with Crippen LogP contribution in [0.25, 0.3) is 0 Å². The molecule has 4 rings (SSSR count). The molecule has 2 bridgehead atoms. The predicted molar refractivity (Wildman–Crippen MR) is 55.9 cm³/mol. The van der Waals surface area contributed by atoms with Crippen molar-refractivity contribution in [3.05, 3.63) is 17.0 Å². The van der Waals surface area contributed by atoms with Crippen LogP contribution in [0.1, 0.15) is 46.9 Å². The first-order valence-electron chi connectivity index (χ1n) is 5.13. The minimum Gasteiger partial charge on any atom is -0.294 e. The number of nitrogens with zero attached hydrogens (tertiary/aromatic N) is 2. The summed E-state index contributed by atoms with van der Waals surface area (Å²) in [7, 11) is 0. The quantitative estimate of drug-likeness (QED) is 0.802. The fourth-order valence-corrected chi connectivity index (χ4v) is 3.20. The third kappa shape index (κ3) is 1.13. The highest BCUT2D eigenvalue weighted by molar-refractivity contribution is 7.97. The number of carbonyl (C=O) groups excluding carboxylic acids is 1. The van der Waals surface area contributed by atoms with E-state index in [1.807, 2.05) is 0 Å². The first-order chi connectivity index (χ1) is 7.63. The number of aromatic nitrogens is 2. The predicted octanol–water partition coefficient (Wildman–Crippen LogP) is 2.64. The van der Waals surface area contributed by atoms with Crippen molar-refractivity contribution in [1.29, 1.82) is 0 Å². The highest BCUT2D eigenvalue weighted by atomic mass is 32.2. The topological polar surface area (TPSA) is 34.9 Å². The highest BCUT2D eigenvalue weighted by Gasteiger charge is 2.48. The van der Waals surface area contributed by atoms with E-state index in [9.17, 15) is 13.6 Å². The van der Waals surface area contributed by atoms with Gasteiger partial charge < -0.3 is 0 Å². The molecule has 1 heterocycles. The van der Waals surface area contributed by atoms with Gasteiger partial charge in [0.1, 0.15) is 5.69 Å². The van der Waals surface area contributed by atoms with E-state index in [0.29, 0.717) is 0 Å². The van der Waals surface area contributed by atoms with Gasteiger partial charge in [-0.2, -0.15) is 5.10 Å². The van der Waals surface area contributed by atoms with Crippen molar-refractivity contribution in [3.8, 4) is 0 Å². The van der Waals surface area contributed by atoms with Gasteiger partial charge in [0.15, 0.2) is 5.78 Å². The van der Waals surface area contributed by atoms with E-state index in [-0.39, 0.29) is 28.9 Å². The first kappa shape index (κ1) is 10.3. The Bertz CT molecular complexity index is 466. The number of hydrogen-bond acceptors (Lipinski definition) is 3. The Labute approximate surface area is 95.3 Å². The zero-order valence-corrected chi connectivity index (χ0v) is 9.43. The van der Waals surface area contributed by atoms with Gasteiger partial charge in [-0.15, -0.1) is 0 Å². The average Bonchev–Trinajstić information content (AvgIpc) is 2.56. The smallest absolute Gasteiger partial charge is 0.282 e. The number of ketones is 1. The van der Waals surface area contributed by atoms with E-state index in [0.717, 1.165) is 18.5 Å². The molecule has 0 aromatic carbocycles. The second-order valence-electron chi connectivity index (χ2n) is 4.23. The molecular formula is C10H10F2N2OS. The maximum atomic E-state index is 12.8. The van der Waals surface area contributed by atoms with Crippen molar-refractivity contribution in [2.75, 3.05) is 6.26 Å². The second kappa shape index (κ2) is 3.29. The largest absolute Gasteiger partial charge is 0.294 e. The normalized spacial score (nSPS) is 26.9. The maximum absolute atomic E-state index is 12.8. The van der Waals surface area contributed by atoms with Crippen LogP contribution in [0.3, 0.4) is 0 Å². The summed E-state index contributed by atoms with van der Waals surface area (Å²) >= 11 is 1.27. The SMILES string of the molecule is CSn1nc(C(F)F)c2c1C1CC(C1)C2=O. The Balaban J connectivity index is 2.21. The van der Waals surface area contributed by atoms with Crippen LogP contribution in [0.5, 0.6) is 0 Å². The Hall–Kier alpha value is -0.910. The number of Topliss-reactive ketones (excluding diaryl/α,β-unsaturated/α-hetero) is 1. The number of alkyl halides is 2. The molecule has 6 heteroatoms. The van der Waals surface area contributed by atoms with Gasteiger partial charge in [0.05, 0.1) is 11.3 Å². The van der Waals surface area contributed by atoms with Gasteiger partial charge in [-0.05, 0) is 24.8 Å². The van der Waals surface area contributed by atoms with Gasteiger partial charge in [-0.25, -0.2) is 12.9 Å². The number of carbonyl (C=O) groups is 1. The summed E-state index contributed by atoms with van der Waals surface area (Å²) in [6.45, 7) is 0. The lowest BCUT2D eigenvalue weighted by Gasteiger charge is -2.39. The monoisotopic (exact) mass is 244 g/mol. The third-order valence-corrected chi connectivity index (χ3v) is 4.06. The molecule has 1 aromatic rings. The van der Waals surface area contributed by atoms with Crippen molar-refractivity contribution in [2.24, 2.45) is 5.92 Å². The van der Waals surface area contributed by atoms with E-state index in [1.165, 1.54) is 16.0 Å². The van der Waals surface area contributed by atoms with Crippen LogP contribution in [0, 0.1) is 5.92 Å². The first-order valence-corrected chi connectivity index (χ1v) is 6.31. The van der Waals surface area contributed by atoms with E-state index in [1.54, 1.807) is 6.26 Å². The highest BCUT2D eigenvalue weighted by Crippen LogP contribution is 2.51. The molecule has 16 heavy (non-hydrogen) atoms. The summed E-state index contributed by atoms with van der Waals surface area (Å²) in [4.78, 5) is 11.9. The molecule has 0 unspecified atom stereocenters. The van der Waals surface area contributed by atoms with Gasteiger partial charge in [-0.1, -0.05) is 0 Å². The van der Waals surface area contributed by atoms with Gasteiger partial charge in [0.25, 0.3) is 6.43 Å². The van der Waals surface area contributed by atoms with Crippen LogP contribution < -0.4 is 0 Å². The molecular weight excluding hydrogens is 234 g/mol. The fraction of sp³-hybridized carbons (Fsp3) is 0.600. The fourth-order valence-electron chi connectivity index (χ4n) is 2.59. The average molecular weight is 244 g/mol. The van der Waals surface area contributed by atoms with Gasteiger partial charge in [0.2, 0.25) is 0 Å². The summed E-state index contributed by atoms with van der Waals surface area (Å²) in [5.74, 6) is 0.0905. The third-order valence-electron chi connectivity index (χ3n) is 3.44. The summed E-state index contributed by atoms with van der Waals surface area (Å²) in [6, 6.07) is 0. The van der Waals surface area contributed by atoms with Gasteiger partial charge >= 0.3 is 0 Å². The molecule has 0 saturated heterocycles. The lowest BCUT2D eigenvalue weighted by Crippen LogP contribution is -2.37. The minimum absolute atomic E-state index is 0.0329. The summed E-state index contributed by atoms with van der Waals surface area (Å²) in [5, 5.41) is 3.85. The number of halogens is 2. The lowest BCUT2D eigenvalue weighted by atomic mass is 9.64. The zero-order valence-electron chi connectivity index (χ0n) is 8.61. The Kier molecular flexibility index (Phi) is 2.11. The molecule has 3 aliphatic carbocycles. The standard InChI is InChI=1S/C10H10F2N2OS/c1-16-14-8-4-2-5(3-4)9(15)6(8)7(13-14)10(11)12/h4-5,10H,2-3H2,1H3. The molecule has 1 saturated carbocycles. The molecule has 0 radical (unpaired) electrons. The second-order valence-corrected chi connectivity index (χ2v) is 4.94. The molecule has 0 spiro atoms.